The smallest absolute Gasteiger partial charge is 0.305 e. The second kappa shape index (κ2) is 27.2. The third-order valence-corrected chi connectivity index (χ3v) is 6.28. The predicted molar refractivity (Wildman–Crippen MR) is 139 cm³/mol. The molecule has 0 heterocycles. The van der Waals surface area contributed by atoms with Crippen LogP contribution in [0.25, 0.3) is 0 Å². The van der Waals surface area contributed by atoms with Crippen LogP contribution in [0.1, 0.15) is 162 Å². The third-order valence-electron chi connectivity index (χ3n) is 6.28. The number of carbonyl (C=O) groups excluding carboxylic acids is 2. The van der Waals surface area contributed by atoms with Crippen molar-refractivity contribution < 1.29 is 19.1 Å². The van der Waals surface area contributed by atoms with Crippen LogP contribution in [-0.4, -0.2) is 25.2 Å². The molecule has 0 saturated carbocycles. The fraction of sp³-hybridized carbons (Fsp3) is 0.931. The van der Waals surface area contributed by atoms with Gasteiger partial charge < -0.3 is 9.47 Å². The number of carbonyl (C=O) groups is 2. The van der Waals surface area contributed by atoms with Crippen molar-refractivity contribution in [3.05, 3.63) is 0 Å². The van der Waals surface area contributed by atoms with Crippen LogP contribution in [0.5, 0.6) is 0 Å². The molecular weight excluding hydrogens is 412 g/mol. The molecule has 0 aromatic rings. The van der Waals surface area contributed by atoms with E-state index >= 15 is 0 Å². The molecule has 0 rings (SSSR count). The minimum absolute atomic E-state index is 0.00997. The van der Waals surface area contributed by atoms with Gasteiger partial charge in [0.2, 0.25) is 0 Å². The maximum atomic E-state index is 11.6. The molecule has 0 amide bonds. The van der Waals surface area contributed by atoms with Crippen molar-refractivity contribution in [2.75, 3.05) is 13.2 Å². The summed E-state index contributed by atoms with van der Waals surface area (Å²) in [6.45, 7) is 5.59. The minimum Gasteiger partial charge on any atom is -0.466 e. The first kappa shape index (κ1) is 31.9. The fourth-order valence-electron chi connectivity index (χ4n) is 4.06. The van der Waals surface area contributed by atoms with E-state index in [4.69, 9.17) is 9.47 Å². The van der Waals surface area contributed by atoms with Gasteiger partial charge in [-0.1, -0.05) is 123 Å². The van der Waals surface area contributed by atoms with Crippen molar-refractivity contribution in [3.63, 3.8) is 0 Å². The summed E-state index contributed by atoms with van der Waals surface area (Å²) in [6.07, 6.45) is 26.4. The molecule has 0 N–H and O–H groups in total. The van der Waals surface area contributed by atoms with Crippen LogP contribution in [0.2, 0.25) is 0 Å². The Labute approximate surface area is 206 Å². The van der Waals surface area contributed by atoms with Crippen molar-refractivity contribution in [2.24, 2.45) is 0 Å². The van der Waals surface area contributed by atoms with E-state index in [1.165, 1.54) is 96.3 Å². The normalized spacial score (nSPS) is 11.0. The van der Waals surface area contributed by atoms with Crippen LogP contribution in [0.15, 0.2) is 0 Å². The monoisotopic (exact) mass is 468 g/mol. The largest absolute Gasteiger partial charge is 0.466 e. The number of esters is 2. The summed E-state index contributed by atoms with van der Waals surface area (Å²) in [6, 6.07) is 0. The Bertz CT molecular complexity index is 384. The summed E-state index contributed by atoms with van der Waals surface area (Å²) in [7, 11) is 0. The molecule has 196 valence electrons. The molecule has 0 aromatic carbocycles. The Morgan fingerprint density at radius 1 is 0.394 bits per heavy atom. The van der Waals surface area contributed by atoms with Crippen LogP contribution in [0.4, 0.5) is 0 Å². The van der Waals surface area contributed by atoms with E-state index in [0.29, 0.717) is 26.1 Å². The van der Waals surface area contributed by atoms with Crippen LogP contribution in [0, 0.1) is 0 Å². The second-order valence-electron chi connectivity index (χ2n) is 9.66. The van der Waals surface area contributed by atoms with Crippen LogP contribution in [0.3, 0.4) is 0 Å². The number of ether oxygens (including phenoxy) is 2. The van der Waals surface area contributed by atoms with Gasteiger partial charge in [-0.15, -0.1) is 0 Å². The molecule has 0 bridgehead atoms. The molecule has 4 nitrogen and oxygen atoms in total. The van der Waals surface area contributed by atoms with E-state index in [1.54, 1.807) is 0 Å². The molecule has 33 heavy (non-hydrogen) atoms. The molecule has 0 atom stereocenters. The molecular formula is C29H56O4. The quantitative estimate of drug-likeness (QED) is 0.0938. The average molecular weight is 469 g/mol. The standard InChI is InChI=1S/C29H56O4/c1-3-5-7-22-26-32-28(30)24-20-18-16-14-12-10-9-11-13-15-17-19-21-25-29(31)33-27-23-8-6-4-2/h3-27H2,1-2H3. The topological polar surface area (TPSA) is 52.6 Å². The van der Waals surface area contributed by atoms with Gasteiger partial charge in [0.05, 0.1) is 13.2 Å². The fourth-order valence-corrected chi connectivity index (χ4v) is 4.06. The summed E-state index contributed by atoms with van der Waals surface area (Å²) in [5.74, 6) is -0.0199. The Balaban J connectivity index is 3.18. The third kappa shape index (κ3) is 27.1. The number of unbranched alkanes of at least 4 members (excludes halogenated alkanes) is 18. The lowest BCUT2D eigenvalue weighted by Crippen LogP contribution is -2.05. The van der Waals surface area contributed by atoms with Crippen molar-refractivity contribution in [3.8, 4) is 0 Å². The van der Waals surface area contributed by atoms with Crippen molar-refractivity contribution in [1.82, 2.24) is 0 Å². The molecule has 4 heteroatoms. The SMILES string of the molecule is CCCCCCOC(=O)CCCCCCCCCCCCCCCC(=O)OCCCCCC. The van der Waals surface area contributed by atoms with Gasteiger partial charge in [-0.05, 0) is 25.7 Å². The van der Waals surface area contributed by atoms with Gasteiger partial charge in [0.25, 0.3) is 0 Å². The molecule has 0 aliphatic carbocycles. The van der Waals surface area contributed by atoms with Crippen molar-refractivity contribution in [2.45, 2.75) is 162 Å². The highest BCUT2D eigenvalue weighted by molar-refractivity contribution is 5.69. The molecule has 0 aliphatic rings. The van der Waals surface area contributed by atoms with E-state index in [1.807, 2.05) is 0 Å². The first-order valence-corrected chi connectivity index (χ1v) is 14.5. The highest BCUT2D eigenvalue weighted by Crippen LogP contribution is 2.14. The zero-order valence-electron chi connectivity index (χ0n) is 22.3. The molecule has 0 spiro atoms. The molecule has 0 unspecified atom stereocenters. The second-order valence-corrected chi connectivity index (χ2v) is 9.66. The highest BCUT2D eigenvalue weighted by Gasteiger charge is 2.03. The van der Waals surface area contributed by atoms with Crippen LogP contribution in [-0.2, 0) is 19.1 Å². The zero-order valence-corrected chi connectivity index (χ0v) is 22.3. The van der Waals surface area contributed by atoms with E-state index in [-0.39, 0.29) is 11.9 Å². The number of hydrogen-bond donors (Lipinski definition) is 0. The zero-order chi connectivity index (χ0) is 24.2. The van der Waals surface area contributed by atoms with E-state index < -0.39 is 0 Å². The summed E-state index contributed by atoms with van der Waals surface area (Å²) in [5.41, 5.74) is 0. The molecule has 0 fully saturated rings. The van der Waals surface area contributed by atoms with Gasteiger partial charge in [-0.2, -0.15) is 0 Å². The number of hydrogen-bond acceptors (Lipinski definition) is 4. The lowest BCUT2D eigenvalue weighted by molar-refractivity contribution is -0.144. The van der Waals surface area contributed by atoms with Crippen molar-refractivity contribution in [1.29, 1.82) is 0 Å². The lowest BCUT2D eigenvalue weighted by atomic mass is 10.0. The molecule has 0 radical (unpaired) electrons. The highest BCUT2D eigenvalue weighted by atomic mass is 16.5. The van der Waals surface area contributed by atoms with Gasteiger partial charge >= 0.3 is 11.9 Å². The summed E-state index contributed by atoms with van der Waals surface area (Å²) in [5, 5.41) is 0. The molecule has 0 saturated heterocycles. The summed E-state index contributed by atoms with van der Waals surface area (Å²) in [4.78, 5) is 23.3. The maximum absolute atomic E-state index is 11.6. The van der Waals surface area contributed by atoms with Gasteiger partial charge in [0.15, 0.2) is 0 Å². The predicted octanol–water partition coefficient (Wildman–Crippen LogP) is 9.08. The minimum atomic E-state index is -0.00997. The number of rotatable bonds is 26. The van der Waals surface area contributed by atoms with Gasteiger partial charge in [-0.25, -0.2) is 0 Å². The van der Waals surface area contributed by atoms with Gasteiger partial charge in [-0.3, -0.25) is 9.59 Å². The van der Waals surface area contributed by atoms with E-state index in [0.717, 1.165) is 38.5 Å². The van der Waals surface area contributed by atoms with E-state index in [2.05, 4.69) is 13.8 Å². The summed E-state index contributed by atoms with van der Waals surface area (Å²) >= 11 is 0. The lowest BCUT2D eigenvalue weighted by Gasteiger charge is -2.05. The average Bonchev–Trinajstić information content (AvgIpc) is 2.81. The van der Waals surface area contributed by atoms with Gasteiger partial charge in [0, 0.05) is 12.8 Å². The first-order chi connectivity index (χ1) is 16.2. The van der Waals surface area contributed by atoms with Crippen LogP contribution >= 0.6 is 0 Å². The first-order valence-electron chi connectivity index (χ1n) is 14.5. The van der Waals surface area contributed by atoms with Gasteiger partial charge in [0.1, 0.15) is 0 Å². The molecule has 0 aromatic heterocycles. The summed E-state index contributed by atoms with van der Waals surface area (Å²) < 4.78 is 10.6. The van der Waals surface area contributed by atoms with E-state index in [9.17, 15) is 9.59 Å². The Morgan fingerprint density at radius 3 is 0.970 bits per heavy atom. The Kier molecular flexibility index (Phi) is 26.3. The van der Waals surface area contributed by atoms with Crippen LogP contribution < -0.4 is 0 Å². The Morgan fingerprint density at radius 2 is 0.667 bits per heavy atom. The molecule has 0 aliphatic heterocycles. The van der Waals surface area contributed by atoms with Crippen molar-refractivity contribution >= 4 is 11.9 Å². The Hall–Kier alpha value is -1.06. The maximum Gasteiger partial charge on any atom is 0.305 e.